The molecule has 6 nitrogen and oxygen atoms in total. The average molecular weight is 467 g/mol. The van der Waals surface area contributed by atoms with Gasteiger partial charge in [-0.3, -0.25) is 4.90 Å². The zero-order chi connectivity index (χ0) is 24.0. The highest BCUT2D eigenvalue weighted by molar-refractivity contribution is 5.75. The lowest BCUT2D eigenvalue weighted by atomic mass is 9.89. The summed E-state index contributed by atoms with van der Waals surface area (Å²) in [6.07, 6.45) is 2.39. The Morgan fingerprint density at radius 3 is 2.37 bits per heavy atom. The van der Waals surface area contributed by atoms with Gasteiger partial charge in [0.1, 0.15) is 25.0 Å². The van der Waals surface area contributed by atoms with Crippen LogP contribution in [0.5, 0.6) is 5.75 Å². The molecular weight excluding hydrogens is 440 g/mol. The first-order valence-electron chi connectivity index (χ1n) is 11.7. The van der Waals surface area contributed by atoms with E-state index in [9.17, 15) is 10.1 Å². The molecule has 0 aliphatic carbocycles. The minimum absolute atomic E-state index is 0.110. The predicted octanol–water partition coefficient (Wildman–Crippen LogP) is 5.33. The van der Waals surface area contributed by atoms with Crippen LogP contribution in [-0.4, -0.2) is 36.3 Å². The molecule has 0 radical (unpaired) electrons. The molecule has 2 aliphatic heterocycles. The van der Waals surface area contributed by atoms with Gasteiger partial charge >= 0.3 is 6.09 Å². The number of hydrogen-bond donors (Lipinski definition) is 0. The molecule has 0 spiro atoms. The number of ether oxygens (including phenoxy) is 3. The van der Waals surface area contributed by atoms with Crippen LogP contribution in [-0.2, 0) is 22.7 Å². The molecule has 6 heteroatoms. The number of hydrogen-bond acceptors (Lipinski definition) is 5. The van der Waals surface area contributed by atoms with Crippen LogP contribution in [0.15, 0.2) is 84.9 Å². The highest BCUT2D eigenvalue weighted by Gasteiger charge is 2.39. The first-order valence-corrected chi connectivity index (χ1v) is 11.7. The van der Waals surface area contributed by atoms with Gasteiger partial charge in [-0.2, -0.15) is 5.26 Å². The number of rotatable bonds is 6. The number of fused-ring (bicyclic) bond motifs is 2. The summed E-state index contributed by atoms with van der Waals surface area (Å²) in [5.41, 5.74) is 4.59. The van der Waals surface area contributed by atoms with Crippen molar-refractivity contribution in [3.8, 4) is 11.8 Å². The summed E-state index contributed by atoms with van der Waals surface area (Å²) in [6, 6.07) is 27.1. The van der Waals surface area contributed by atoms with Gasteiger partial charge in [0.05, 0.1) is 30.9 Å². The first kappa shape index (κ1) is 22.7. The van der Waals surface area contributed by atoms with Crippen molar-refractivity contribution in [2.45, 2.75) is 31.7 Å². The highest BCUT2D eigenvalue weighted by atomic mass is 16.6. The van der Waals surface area contributed by atoms with E-state index in [1.54, 1.807) is 11.0 Å². The molecule has 3 aromatic carbocycles. The smallest absolute Gasteiger partial charge is 0.411 e. The molecule has 176 valence electrons. The van der Waals surface area contributed by atoms with E-state index < -0.39 is 0 Å². The van der Waals surface area contributed by atoms with Gasteiger partial charge in [-0.05, 0) is 40.8 Å². The van der Waals surface area contributed by atoms with Crippen LogP contribution in [0.4, 0.5) is 4.79 Å². The van der Waals surface area contributed by atoms with E-state index in [0.717, 1.165) is 22.3 Å². The van der Waals surface area contributed by atoms with Gasteiger partial charge in [-0.25, -0.2) is 4.79 Å². The Labute approximate surface area is 205 Å². The summed E-state index contributed by atoms with van der Waals surface area (Å²) < 4.78 is 17.4. The largest absolute Gasteiger partial charge is 0.488 e. The molecule has 3 aromatic rings. The number of carbonyl (C=O) groups excluding carboxylic acids is 1. The predicted molar refractivity (Wildman–Crippen MR) is 131 cm³/mol. The lowest BCUT2D eigenvalue weighted by Crippen LogP contribution is -2.56. The van der Waals surface area contributed by atoms with Crippen LogP contribution in [0, 0.1) is 11.3 Å². The second kappa shape index (κ2) is 10.5. The van der Waals surface area contributed by atoms with Gasteiger partial charge in [0, 0.05) is 0 Å². The fourth-order valence-electron chi connectivity index (χ4n) is 4.56. The third-order valence-corrected chi connectivity index (χ3v) is 6.32. The van der Waals surface area contributed by atoms with E-state index in [-0.39, 0.29) is 24.8 Å². The molecule has 2 atom stereocenters. The van der Waals surface area contributed by atoms with E-state index >= 15 is 0 Å². The van der Waals surface area contributed by atoms with Crippen LogP contribution in [0.1, 0.15) is 28.7 Å². The molecule has 0 saturated carbocycles. The lowest BCUT2D eigenvalue weighted by Gasteiger charge is -2.43. The topological polar surface area (TPSA) is 71.8 Å². The Morgan fingerprint density at radius 1 is 0.971 bits per heavy atom. The molecule has 0 N–H and O–H groups in total. The van der Waals surface area contributed by atoms with Gasteiger partial charge in [0.2, 0.25) is 0 Å². The molecule has 5 rings (SSSR count). The van der Waals surface area contributed by atoms with Crippen LogP contribution >= 0.6 is 0 Å². The lowest BCUT2D eigenvalue weighted by molar-refractivity contribution is -0.0342. The van der Waals surface area contributed by atoms with Crippen molar-refractivity contribution in [3.05, 3.63) is 107 Å². The highest BCUT2D eigenvalue weighted by Crippen LogP contribution is 2.35. The molecule has 2 aliphatic rings. The molecule has 1 amide bonds. The summed E-state index contributed by atoms with van der Waals surface area (Å²) in [5, 5.41) is 9.56. The Kier molecular flexibility index (Phi) is 6.78. The zero-order valence-corrected chi connectivity index (χ0v) is 19.3. The fourth-order valence-corrected chi connectivity index (χ4v) is 4.56. The van der Waals surface area contributed by atoms with Crippen molar-refractivity contribution in [2.75, 3.05) is 13.2 Å². The van der Waals surface area contributed by atoms with Gasteiger partial charge < -0.3 is 14.2 Å². The summed E-state index contributed by atoms with van der Waals surface area (Å²) in [6.45, 7) is 1.51. The zero-order valence-electron chi connectivity index (χ0n) is 19.3. The van der Waals surface area contributed by atoms with Crippen molar-refractivity contribution in [1.82, 2.24) is 4.90 Å². The maximum atomic E-state index is 12.9. The number of nitriles is 1. The number of carbonyl (C=O) groups is 1. The second-order valence-electron chi connectivity index (χ2n) is 8.70. The van der Waals surface area contributed by atoms with Crippen molar-refractivity contribution in [3.63, 3.8) is 0 Å². The normalized spacial score (nSPS) is 18.8. The van der Waals surface area contributed by atoms with Crippen LogP contribution in [0.2, 0.25) is 0 Å². The van der Waals surface area contributed by atoms with Crippen LogP contribution in [0.3, 0.4) is 0 Å². The molecule has 0 aromatic heterocycles. The molecule has 1 fully saturated rings. The Bertz CT molecular complexity index is 1250. The fraction of sp³-hybridized carbons (Fsp3) is 0.241. The van der Waals surface area contributed by atoms with Crippen LogP contribution in [0.25, 0.3) is 5.57 Å². The average Bonchev–Trinajstić information content (AvgIpc) is 2.91. The monoisotopic (exact) mass is 466 g/mol. The van der Waals surface area contributed by atoms with Crippen molar-refractivity contribution < 1.29 is 19.0 Å². The van der Waals surface area contributed by atoms with Gasteiger partial charge in [-0.15, -0.1) is 0 Å². The number of amides is 1. The summed E-state index contributed by atoms with van der Waals surface area (Å²) in [7, 11) is 0. The van der Waals surface area contributed by atoms with Crippen molar-refractivity contribution in [1.29, 1.82) is 5.26 Å². The van der Waals surface area contributed by atoms with E-state index in [0.29, 0.717) is 37.6 Å². The Morgan fingerprint density at radius 2 is 1.69 bits per heavy atom. The molecular formula is C29H26N2O4. The summed E-state index contributed by atoms with van der Waals surface area (Å²) >= 11 is 0. The molecule has 2 unspecified atom stereocenters. The Hall–Kier alpha value is -4.08. The molecule has 1 saturated heterocycles. The Balaban J connectivity index is 1.33. The van der Waals surface area contributed by atoms with E-state index in [1.165, 1.54) is 0 Å². The number of nitrogens with zero attached hydrogens (tertiary/aromatic N) is 2. The van der Waals surface area contributed by atoms with E-state index in [1.807, 2.05) is 72.8 Å². The molecule has 35 heavy (non-hydrogen) atoms. The van der Waals surface area contributed by atoms with Crippen molar-refractivity contribution in [2.24, 2.45) is 0 Å². The maximum absolute atomic E-state index is 12.9. The quantitative estimate of drug-likeness (QED) is 0.491. The van der Waals surface area contributed by atoms with Crippen molar-refractivity contribution >= 4 is 11.7 Å². The van der Waals surface area contributed by atoms with Gasteiger partial charge in [-0.1, -0.05) is 72.8 Å². The van der Waals surface area contributed by atoms with E-state index in [2.05, 4.69) is 12.1 Å². The SMILES string of the molecule is N#Cc1ccc(C2=CC3COCC(C2)N3C(=O)OCc2ccccc2)cc1OCc1ccccc1. The summed E-state index contributed by atoms with van der Waals surface area (Å²) in [5.74, 6) is 0.556. The number of benzene rings is 3. The maximum Gasteiger partial charge on any atom is 0.411 e. The number of morpholine rings is 1. The molecule has 2 bridgehead atoms. The second-order valence-corrected chi connectivity index (χ2v) is 8.70. The van der Waals surface area contributed by atoms with Gasteiger partial charge in [0.15, 0.2) is 0 Å². The standard InChI is InChI=1S/C29H26N2O4/c30-16-24-12-11-23(15-28(24)34-17-21-7-3-1-4-8-21)25-13-26-19-33-20-27(14-25)31(26)29(32)35-18-22-9-5-2-6-10-22/h1-13,15,26-27H,14,17-20H2. The van der Waals surface area contributed by atoms with E-state index in [4.69, 9.17) is 14.2 Å². The first-order chi connectivity index (χ1) is 17.2. The third-order valence-electron chi connectivity index (χ3n) is 6.32. The molecule has 2 heterocycles. The minimum atomic E-state index is -0.325. The summed E-state index contributed by atoms with van der Waals surface area (Å²) in [4.78, 5) is 14.7. The van der Waals surface area contributed by atoms with Gasteiger partial charge in [0.25, 0.3) is 0 Å². The minimum Gasteiger partial charge on any atom is -0.488 e. The third kappa shape index (κ3) is 5.21. The van der Waals surface area contributed by atoms with Crippen LogP contribution < -0.4 is 4.74 Å².